The maximum atomic E-state index is 12.3. The number of aromatic nitrogens is 2. The summed E-state index contributed by atoms with van der Waals surface area (Å²) in [5, 5.41) is 4.16. The van der Waals surface area contributed by atoms with E-state index in [9.17, 15) is 4.79 Å². The largest absolute Gasteiger partial charge is 0.333 e. The summed E-state index contributed by atoms with van der Waals surface area (Å²) in [5.41, 5.74) is 6.27. The number of nitrogens with zero attached hydrogens (tertiary/aromatic N) is 3. The molecule has 0 aliphatic carbocycles. The first-order chi connectivity index (χ1) is 8.11. The molecule has 1 amide bonds. The van der Waals surface area contributed by atoms with Gasteiger partial charge in [0, 0.05) is 32.4 Å². The molecule has 1 aliphatic heterocycles. The SMILES string of the molecule is CC1CCN(C(=O)c2ccn(C)n2)C(CN)C1. The second kappa shape index (κ2) is 4.87. The third kappa shape index (κ3) is 2.49. The Balaban J connectivity index is 2.13. The maximum Gasteiger partial charge on any atom is 0.274 e. The molecule has 0 saturated carbocycles. The molecule has 1 aromatic rings. The number of hydrogen-bond donors (Lipinski definition) is 1. The second-order valence-electron chi connectivity index (χ2n) is 4.89. The van der Waals surface area contributed by atoms with E-state index < -0.39 is 0 Å². The molecule has 5 heteroatoms. The average Bonchev–Trinajstić information content (AvgIpc) is 2.75. The quantitative estimate of drug-likeness (QED) is 0.818. The first-order valence-electron chi connectivity index (χ1n) is 6.12. The summed E-state index contributed by atoms with van der Waals surface area (Å²) in [4.78, 5) is 14.2. The van der Waals surface area contributed by atoms with Crippen LogP contribution in [0.25, 0.3) is 0 Å². The van der Waals surface area contributed by atoms with Gasteiger partial charge in [0.1, 0.15) is 5.69 Å². The average molecular weight is 236 g/mol. The van der Waals surface area contributed by atoms with Crippen LogP contribution in [0.5, 0.6) is 0 Å². The van der Waals surface area contributed by atoms with E-state index >= 15 is 0 Å². The lowest BCUT2D eigenvalue weighted by Crippen LogP contribution is -2.49. The van der Waals surface area contributed by atoms with Crippen molar-refractivity contribution in [2.75, 3.05) is 13.1 Å². The second-order valence-corrected chi connectivity index (χ2v) is 4.89. The number of piperidine rings is 1. The summed E-state index contributed by atoms with van der Waals surface area (Å²) in [5.74, 6) is 0.657. The van der Waals surface area contributed by atoms with Crippen molar-refractivity contribution in [1.29, 1.82) is 0 Å². The van der Waals surface area contributed by atoms with Crippen LogP contribution in [0.15, 0.2) is 12.3 Å². The van der Waals surface area contributed by atoms with Crippen LogP contribution in [-0.4, -0.2) is 39.7 Å². The first kappa shape index (κ1) is 12.1. The standard InChI is InChI=1S/C12H20N4O/c1-9-3-6-16(10(7-9)8-13)12(17)11-4-5-15(2)14-11/h4-5,9-10H,3,6-8,13H2,1-2H3. The van der Waals surface area contributed by atoms with Gasteiger partial charge in [-0.25, -0.2) is 0 Å². The smallest absolute Gasteiger partial charge is 0.274 e. The fraction of sp³-hybridized carbons (Fsp3) is 0.667. The molecule has 2 unspecified atom stereocenters. The molecule has 94 valence electrons. The molecule has 17 heavy (non-hydrogen) atoms. The van der Waals surface area contributed by atoms with Crippen LogP contribution < -0.4 is 5.73 Å². The Kier molecular flexibility index (Phi) is 3.47. The van der Waals surface area contributed by atoms with Crippen molar-refractivity contribution >= 4 is 5.91 Å². The van der Waals surface area contributed by atoms with E-state index in [1.54, 1.807) is 16.9 Å². The highest BCUT2D eigenvalue weighted by Gasteiger charge is 2.30. The molecule has 0 spiro atoms. The van der Waals surface area contributed by atoms with E-state index in [0.717, 1.165) is 19.4 Å². The summed E-state index contributed by atoms with van der Waals surface area (Å²) >= 11 is 0. The van der Waals surface area contributed by atoms with Crippen LogP contribution in [0.2, 0.25) is 0 Å². The molecule has 1 aromatic heterocycles. The lowest BCUT2D eigenvalue weighted by molar-refractivity contribution is 0.0567. The minimum Gasteiger partial charge on any atom is -0.333 e. The van der Waals surface area contributed by atoms with Gasteiger partial charge in [0.2, 0.25) is 0 Å². The molecule has 0 bridgehead atoms. The van der Waals surface area contributed by atoms with Crippen molar-refractivity contribution < 1.29 is 4.79 Å². The normalized spacial score (nSPS) is 25.0. The van der Waals surface area contributed by atoms with E-state index in [4.69, 9.17) is 5.73 Å². The van der Waals surface area contributed by atoms with Gasteiger partial charge in [-0.05, 0) is 24.8 Å². The van der Waals surface area contributed by atoms with Crippen molar-refractivity contribution in [1.82, 2.24) is 14.7 Å². The van der Waals surface area contributed by atoms with Crippen LogP contribution in [0.3, 0.4) is 0 Å². The van der Waals surface area contributed by atoms with Crippen LogP contribution >= 0.6 is 0 Å². The zero-order valence-corrected chi connectivity index (χ0v) is 10.5. The molecular weight excluding hydrogens is 216 g/mol. The number of amides is 1. The van der Waals surface area contributed by atoms with Gasteiger partial charge in [-0.15, -0.1) is 0 Å². The van der Waals surface area contributed by atoms with Crippen LogP contribution in [0.4, 0.5) is 0 Å². The summed E-state index contributed by atoms with van der Waals surface area (Å²) in [6.07, 6.45) is 3.83. The Morgan fingerprint density at radius 2 is 2.41 bits per heavy atom. The Morgan fingerprint density at radius 1 is 1.65 bits per heavy atom. The van der Waals surface area contributed by atoms with E-state index in [2.05, 4.69) is 12.0 Å². The van der Waals surface area contributed by atoms with Crippen molar-refractivity contribution in [3.05, 3.63) is 18.0 Å². The summed E-state index contributed by atoms with van der Waals surface area (Å²) in [6, 6.07) is 1.92. The molecule has 1 aliphatic rings. The summed E-state index contributed by atoms with van der Waals surface area (Å²) < 4.78 is 1.65. The molecule has 1 fully saturated rings. The number of carbonyl (C=O) groups excluding carboxylic acids is 1. The lowest BCUT2D eigenvalue weighted by Gasteiger charge is -2.37. The number of likely N-dealkylation sites (tertiary alicyclic amines) is 1. The summed E-state index contributed by atoms with van der Waals surface area (Å²) in [7, 11) is 1.81. The van der Waals surface area contributed by atoms with E-state index in [0.29, 0.717) is 18.2 Å². The van der Waals surface area contributed by atoms with Gasteiger partial charge < -0.3 is 10.6 Å². The fourth-order valence-electron chi connectivity index (χ4n) is 2.42. The minimum absolute atomic E-state index is 0.00736. The van der Waals surface area contributed by atoms with Gasteiger partial charge in [-0.2, -0.15) is 5.10 Å². The highest BCUT2D eigenvalue weighted by molar-refractivity contribution is 5.92. The molecule has 2 N–H and O–H groups in total. The zero-order valence-electron chi connectivity index (χ0n) is 10.5. The van der Waals surface area contributed by atoms with Crippen LogP contribution in [-0.2, 0) is 7.05 Å². The van der Waals surface area contributed by atoms with Crippen LogP contribution in [0, 0.1) is 5.92 Å². The predicted octanol–water partition coefficient (Wildman–Crippen LogP) is 0.620. The van der Waals surface area contributed by atoms with E-state index in [1.165, 1.54) is 0 Å². The lowest BCUT2D eigenvalue weighted by atomic mass is 9.92. The number of aryl methyl sites for hydroxylation is 1. The van der Waals surface area contributed by atoms with Gasteiger partial charge in [0.25, 0.3) is 5.91 Å². The van der Waals surface area contributed by atoms with Gasteiger partial charge in [-0.1, -0.05) is 6.92 Å². The Morgan fingerprint density at radius 3 is 3.00 bits per heavy atom. The van der Waals surface area contributed by atoms with E-state index in [-0.39, 0.29) is 11.9 Å². The predicted molar refractivity (Wildman–Crippen MR) is 65.5 cm³/mol. The number of nitrogens with two attached hydrogens (primary N) is 1. The van der Waals surface area contributed by atoms with Crippen molar-refractivity contribution in [2.24, 2.45) is 18.7 Å². The highest BCUT2D eigenvalue weighted by Crippen LogP contribution is 2.23. The summed E-state index contributed by atoms with van der Waals surface area (Å²) in [6.45, 7) is 3.53. The van der Waals surface area contributed by atoms with Gasteiger partial charge in [0.15, 0.2) is 0 Å². The molecule has 2 rings (SSSR count). The molecule has 1 saturated heterocycles. The van der Waals surface area contributed by atoms with E-state index in [1.807, 2.05) is 11.9 Å². The van der Waals surface area contributed by atoms with Gasteiger partial charge >= 0.3 is 0 Å². The Bertz CT molecular complexity index is 401. The monoisotopic (exact) mass is 236 g/mol. The number of rotatable bonds is 2. The molecule has 0 aromatic carbocycles. The topological polar surface area (TPSA) is 64.2 Å². The van der Waals surface area contributed by atoms with Crippen molar-refractivity contribution in [3.63, 3.8) is 0 Å². The number of carbonyl (C=O) groups is 1. The van der Waals surface area contributed by atoms with Crippen LogP contribution in [0.1, 0.15) is 30.3 Å². The minimum atomic E-state index is 0.00736. The number of hydrogen-bond acceptors (Lipinski definition) is 3. The zero-order chi connectivity index (χ0) is 12.4. The van der Waals surface area contributed by atoms with Gasteiger partial charge in [0.05, 0.1) is 0 Å². The third-order valence-electron chi connectivity index (χ3n) is 3.44. The van der Waals surface area contributed by atoms with Gasteiger partial charge in [-0.3, -0.25) is 9.48 Å². The molecular formula is C12H20N4O. The fourth-order valence-corrected chi connectivity index (χ4v) is 2.42. The highest BCUT2D eigenvalue weighted by atomic mass is 16.2. The molecule has 2 heterocycles. The molecule has 2 atom stereocenters. The molecule has 5 nitrogen and oxygen atoms in total. The maximum absolute atomic E-state index is 12.3. The Hall–Kier alpha value is -1.36. The Labute approximate surface area is 102 Å². The third-order valence-corrected chi connectivity index (χ3v) is 3.44. The van der Waals surface area contributed by atoms with Crippen molar-refractivity contribution in [3.8, 4) is 0 Å². The van der Waals surface area contributed by atoms with Crippen molar-refractivity contribution in [2.45, 2.75) is 25.8 Å². The first-order valence-corrected chi connectivity index (χ1v) is 6.12. The molecule has 0 radical (unpaired) electrons.